The summed E-state index contributed by atoms with van der Waals surface area (Å²) in [6.45, 7) is 0. The summed E-state index contributed by atoms with van der Waals surface area (Å²) < 4.78 is 0.669. The Hall–Kier alpha value is 1.53. The molecule has 0 rings (SSSR count). The molecule has 0 amide bonds. The van der Waals surface area contributed by atoms with Crippen molar-refractivity contribution >= 4 is 25.7 Å². The quantitative estimate of drug-likeness (QED) is 0.249. The van der Waals surface area contributed by atoms with E-state index in [1.807, 2.05) is 0 Å². The first-order valence-corrected chi connectivity index (χ1v) is 6.41. The van der Waals surface area contributed by atoms with Crippen LogP contribution in [-0.4, -0.2) is 29.3 Å². The SMILES string of the molecule is CS(C)(C)(C)=C(N)[S-].[Na+]. The van der Waals surface area contributed by atoms with E-state index in [1.165, 1.54) is 0 Å². The molecular weight excluding hydrogens is 161 g/mol. The summed E-state index contributed by atoms with van der Waals surface area (Å²) in [6.07, 6.45) is 8.50. The molecule has 0 atom stereocenters. The molecule has 0 aliphatic heterocycles. The summed E-state index contributed by atoms with van der Waals surface area (Å²) in [7, 11) is -1.46. The summed E-state index contributed by atoms with van der Waals surface area (Å²) in [5, 5.41) is 0. The Bertz CT molecular complexity index is 140. The van der Waals surface area contributed by atoms with Crippen molar-refractivity contribution in [3.05, 3.63) is 0 Å². The molecule has 4 heteroatoms. The molecule has 0 spiro atoms. The predicted molar refractivity (Wildman–Crippen MR) is 47.8 cm³/mol. The Morgan fingerprint density at radius 3 is 1.33 bits per heavy atom. The first-order chi connectivity index (χ1) is 3.20. The molecule has 0 aliphatic rings. The fourth-order valence-corrected chi connectivity index (χ4v) is 0. The maximum absolute atomic E-state index is 5.48. The molecular formula is C5H14NNaS2. The Morgan fingerprint density at radius 1 is 1.22 bits per heavy atom. The molecule has 0 saturated heterocycles. The van der Waals surface area contributed by atoms with Crippen LogP contribution in [0.25, 0.3) is 0 Å². The van der Waals surface area contributed by atoms with E-state index >= 15 is 0 Å². The Morgan fingerprint density at radius 2 is 1.33 bits per heavy atom. The average Bonchev–Trinajstić information content (AvgIpc) is 1.27. The third-order valence-corrected chi connectivity index (χ3v) is 4.41. The van der Waals surface area contributed by atoms with Gasteiger partial charge in [-0.3, -0.25) is 8.75 Å². The second kappa shape index (κ2) is 3.28. The summed E-state index contributed by atoms with van der Waals surface area (Å²) in [6, 6.07) is 0. The normalized spacial score (nSPS) is 15.1. The molecule has 0 heterocycles. The molecule has 9 heavy (non-hydrogen) atoms. The van der Waals surface area contributed by atoms with E-state index in [9.17, 15) is 0 Å². The molecule has 0 unspecified atom stereocenters. The zero-order valence-corrected chi connectivity index (χ0v) is 10.5. The van der Waals surface area contributed by atoms with Gasteiger partial charge in [-0.05, 0) is 25.0 Å². The minimum Gasteiger partial charge on any atom is -0.741 e. The fraction of sp³-hybridized carbons (Fsp3) is 0.800. The van der Waals surface area contributed by atoms with E-state index in [0.717, 1.165) is 0 Å². The van der Waals surface area contributed by atoms with Crippen LogP contribution in [0.2, 0.25) is 0 Å². The standard InChI is InChI=1S/C5H15NS2.Na/c1-8(2,3,4)5(6)7;/h7H,6H2,1-4H3;/q;+1/p-1. The van der Waals surface area contributed by atoms with Crippen molar-refractivity contribution in [1.82, 2.24) is 0 Å². The van der Waals surface area contributed by atoms with Crippen molar-refractivity contribution in [1.29, 1.82) is 0 Å². The molecule has 0 radical (unpaired) electrons. The van der Waals surface area contributed by atoms with Crippen molar-refractivity contribution in [2.24, 2.45) is 5.73 Å². The molecule has 0 aromatic heterocycles. The van der Waals surface area contributed by atoms with Crippen LogP contribution in [0.5, 0.6) is 0 Å². The number of hydrogen-bond acceptors (Lipinski definition) is 1. The second-order valence-corrected chi connectivity index (χ2v) is 11.3. The van der Waals surface area contributed by atoms with Crippen molar-refractivity contribution in [3.63, 3.8) is 0 Å². The van der Waals surface area contributed by atoms with Gasteiger partial charge in [0.2, 0.25) is 0 Å². The van der Waals surface area contributed by atoms with Gasteiger partial charge in [-0.1, -0.05) is 0 Å². The molecule has 0 aliphatic carbocycles. The molecule has 0 bridgehead atoms. The van der Waals surface area contributed by atoms with Crippen molar-refractivity contribution in [2.45, 2.75) is 0 Å². The van der Waals surface area contributed by atoms with Crippen molar-refractivity contribution < 1.29 is 29.6 Å². The molecule has 0 aromatic rings. The molecule has 0 saturated carbocycles. The van der Waals surface area contributed by atoms with E-state index in [1.54, 1.807) is 0 Å². The molecule has 0 fully saturated rings. The Labute approximate surface area is 85.3 Å². The molecule has 2 N–H and O–H groups in total. The van der Waals surface area contributed by atoms with Gasteiger partial charge in [-0.15, -0.1) is 4.32 Å². The maximum Gasteiger partial charge on any atom is 1.00 e. The minimum absolute atomic E-state index is 0. The van der Waals surface area contributed by atoms with Gasteiger partial charge in [0.05, 0.1) is 0 Å². The van der Waals surface area contributed by atoms with Gasteiger partial charge in [0.15, 0.2) is 0 Å². The van der Waals surface area contributed by atoms with Gasteiger partial charge in [-0.2, -0.15) is 0 Å². The van der Waals surface area contributed by atoms with E-state index in [-0.39, 0.29) is 29.6 Å². The zero-order chi connectivity index (χ0) is 7.02. The van der Waals surface area contributed by atoms with Crippen molar-refractivity contribution in [3.8, 4) is 0 Å². The Kier molecular flexibility index (Phi) is 4.80. The molecule has 52 valence electrons. The minimum atomic E-state index is -1.46. The van der Waals surface area contributed by atoms with Gasteiger partial charge in [-0.25, -0.2) is 0 Å². The average molecular weight is 175 g/mol. The molecule has 0 aromatic carbocycles. The van der Waals surface area contributed by atoms with E-state index in [4.69, 9.17) is 18.4 Å². The predicted octanol–water partition coefficient (Wildman–Crippen LogP) is -2.56. The summed E-state index contributed by atoms with van der Waals surface area (Å²) in [5.41, 5.74) is 5.48. The summed E-state index contributed by atoms with van der Waals surface area (Å²) >= 11 is 4.87. The van der Waals surface area contributed by atoms with Crippen molar-refractivity contribution in [2.75, 3.05) is 25.0 Å². The monoisotopic (exact) mass is 175 g/mol. The fourth-order valence-electron chi connectivity index (χ4n) is 0. The van der Waals surface area contributed by atoms with Gasteiger partial charge in [0.25, 0.3) is 0 Å². The summed E-state index contributed by atoms with van der Waals surface area (Å²) in [4.78, 5) is 0. The van der Waals surface area contributed by atoms with Crippen LogP contribution in [0, 0.1) is 0 Å². The summed E-state index contributed by atoms with van der Waals surface area (Å²) in [5.74, 6) is 0. The third-order valence-electron chi connectivity index (χ3n) is 0.805. The number of nitrogens with two attached hydrogens (primary N) is 1. The smallest absolute Gasteiger partial charge is 0.741 e. The van der Waals surface area contributed by atoms with E-state index in [0.29, 0.717) is 4.32 Å². The number of rotatable bonds is 0. The maximum atomic E-state index is 5.48. The van der Waals surface area contributed by atoms with Gasteiger partial charge in [0.1, 0.15) is 0 Å². The topological polar surface area (TPSA) is 26.0 Å². The number of hydrogen-bond donors (Lipinski definition) is 1. The van der Waals surface area contributed by atoms with Crippen LogP contribution in [0.3, 0.4) is 0 Å². The first-order valence-electron chi connectivity index (χ1n) is 2.33. The third kappa shape index (κ3) is 5.95. The zero-order valence-electron chi connectivity index (χ0n) is 6.89. The van der Waals surface area contributed by atoms with Crippen LogP contribution in [0.15, 0.2) is 0 Å². The van der Waals surface area contributed by atoms with Crippen LogP contribution in [0.1, 0.15) is 0 Å². The molecule has 1 nitrogen and oxygen atoms in total. The Balaban J connectivity index is 0. The van der Waals surface area contributed by atoms with Gasteiger partial charge >= 0.3 is 29.6 Å². The van der Waals surface area contributed by atoms with Gasteiger partial charge < -0.3 is 18.4 Å². The van der Waals surface area contributed by atoms with Crippen LogP contribution in [-0.2, 0) is 12.6 Å². The second-order valence-electron chi connectivity index (χ2n) is 3.59. The van der Waals surface area contributed by atoms with Gasteiger partial charge in [0, 0.05) is 0 Å². The van der Waals surface area contributed by atoms with Crippen LogP contribution in [0.4, 0.5) is 0 Å². The first kappa shape index (κ1) is 13.1. The van der Waals surface area contributed by atoms with Crippen LogP contribution >= 0.6 is 8.75 Å². The van der Waals surface area contributed by atoms with E-state index < -0.39 is 8.75 Å². The van der Waals surface area contributed by atoms with Crippen LogP contribution < -0.4 is 35.3 Å². The van der Waals surface area contributed by atoms with E-state index in [2.05, 4.69) is 25.0 Å². The largest absolute Gasteiger partial charge is 1.00 e.